The van der Waals surface area contributed by atoms with Crippen LogP contribution in [0.2, 0.25) is 0 Å². The molecule has 0 spiro atoms. The number of hydrogen-bond donors (Lipinski definition) is 1. The molecule has 0 saturated heterocycles. The smallest absolute Gasteiger partial charge is 0.0387 e. The van der Waals surface area contributed by atoms with E-state index < -0.39 is 0 Å². The Balaban J connectivity index is 0.000000142. The van der Waals surface area contributed by atoms with Crippen molar-refractivity contribution in [1.82, 2.24) is 0 Å². The van der Waals surface area contributed by atoms with Crippen molar-refractivity contribution in [2.24, 2.45) is 0 Å². The first kappa shape index (κ1) is 38.0. The lowest BCUT2D eigenvalue weighted by Crippen LogP contribution is -2.15. The average Bonchev–Trinajstić information content (AvgIpc) is 3.88. The van der Waals surface area contributed by atoms with Crippen LogP contribution in [0.5, 0.6) is 0 Å². The molecule has 1 N–H and O–H groups in total. The molecule has 0 fully saturated rings. The van der Waals surface area contributed by atoms with E-state index in [4.69, 9.17) is 0 Å². The molecule has 2 heteroatoms. The molecule has 0 aliphatic heterocycles. The van der Waals surface area contributed by atoms with Crippen molar-refractivity contribution in [1.29, 1.82) is 0 Å². The van der Waals surface area contributed by atoms with Gasteiger partial charge in [-0.05, 0) is 132 Å². The highest BCUT2D eigenvalue weighted by Crippen LogP contribution is 2.51. The summed E-state index contributed by atoms with van der Waals surface area (Å²) in [4.78, 5) is 0. The van der Waals surface area contributed by atoms with Crippen LogP contribution in [-0.2, 0) is 10.8 Å². The second-order valence-corrected chi connectivity index (χ2v) is 18.9. The van der Waals surface area contributed by atoms with Crippen LogP contribution in [0.3, 0.4) is 0 Å². The monoisotopic (exact) mass is 813 g/mol. The molecule has 298 valence electrons. The molecule has 0 bridgehead atoms. The molecule has 1 heterocycles. The first-order valence-corrected chi connectivity index (χ1v) is 22.5. The van der Waals surface area contributed by atoms with Crippen LogP contribution in [-0.4, -0.2) is 0 Å². The molecule has 10 aromatic rings. The predicted octanol–water partition coefficient (Wildman–Crippen LogP) is 17.1. The van der Waals surface area contributed by atoms with Crippen molar-refractivity contribution >= 4 is 42.9 Å². The van der Waals surface area contributed by atoms with Gasteiger partial charge in [0.15, 0.2) is 0 Å². The Bertz CT molecular complexity index is 3300. The lowest BCUT2D eigenvalue weighted by Gasteiger charge is -2.23. The highest BCUT2D eigenvalue weighted by Gasteiger charge is 2.36. The summed E-state index contributed by atoms with van der Waals surface area (Å²) >= 11 is 1.88. The van der Waals surface area contributed by atoms with Crippen molar-refractivity contribution in [2.75, 3.05) is 5.32 Å². The van der Waals surface area contributed by atoms with Crippen molar-refractivity contribution in [3.63, 3.8) is 0 Å². The highest BCUT2D eigenvalue weighted by molar-refractivity contribution is 7.25. The molecular weight excluding hydrogens is 767 g/mol. The molecule has 0 amide bonds. The number of fused-ring (bicyclic) bond motifs is 9. The van der Waals surface area contributed by atoms with Crippen LogP contribution in [0, 0.1) is 0 Å². The van der Waals surface area contributed by atoms with E-state index in [1.807, 2.05) is 11.3 Å². The largest absolute Gasteiger partial charge is 0.356 e. The van der Waals surface area contributed by atoms with Gasteiger partial charge in [0.1, 0.15) is 0 Å². The van der Waals surface area contributed by atoms with Gasteiger partial charge in [-0.1, -0.05) is 179 Å². The quantitative estimate of drug-likeness (QED) is 0.183. The van der Waals surface area contributed by atoms with Gasteiger partial charge >= 0.3 is 0 Å². The first-order chi connectivity index (χ1) is 30.2. The van der Waals surface area contributed by atoms with E-state index in [-0.39, 0.29) is 10.8 Å². The number of hydrogen-bond acceptors (Lipinski definition) is 2. The summed E-state index contributed by atoms with van der Waals surface area (Å²) < 4.78 is 2.72. The van der Waals surface area contributed by atoms with Crippen LogP contribution in [0.4, 0.5) is 11.4 Å². The standard InChI is InChI=1S/C33H27N.C27H20S/c1-33(2)31-21-26(24-11-7-4-8-12-24)15-19-29(31)30-20-18-28(22-32(30)33)34-27-16-13-25(14-17-27)23-9-5-3-6-10-23;1-27(2)23-9-5-3-7-19(23)20-13-11-18(16-24(20)27)17-12-14-26-22(15-17)21-8-4-6-10-25(21)28-26/h3-22,34H,1-2H3;3-16H,1-2H3. The van der Waals surface area contributed by atoms with Gasteiger partial charge in [-0.2, -0.15) is 0 Å². The van der Waals surface area contributed by atoms with Crippen LogP contribution in [0.25, 0.3) is 75.8 Å². The Morgan fingerprint density at radius 2 is 0.742 bits per heavy atom. The van der Waals surface area contributed by atoms with Crippen molar-refractivity contribution in [2.45, 2.75) is 38.5 Å². The maximum Gasteiger partial charge on any atom is 0.0387 e. The van der Waals surface area contributed by atoms with Gasteiger partial charge in [-0.3, -0.25) is 0 Å². The Morgan fingerprint density at radius 3 is 1.44 bits per heavy atom. The van der Waals surface area contributed by atoms with Crippen molar-refractivity contribution in [3.8, 4) is 55.6 Å². The number of thiophene rings is 1. The summed E-state index contributed by atoms with van der Waals surface area (Å²) in [6.45, 7) is 9.36. The lowest BCUT2D eigenvalue weighted by molar-refractivity contribution is 0.660. The van der Waals surface area contributed by atoms with Gasteiger partial charge in [-0.25, -0.2) is 0 Å². The topological polar surface area (TPSA) is 12.0 Å². The SMILES string of the molecule is CC1(C)c2cc(Nc3ccc(-c4ccccc4)cc3)ccc2-c2ccc(-c3ccccc3)cc21.CC1(C)c2ccccc2-c2ccc(-c3ccc4sc5ccccc5c4c3)cc21. The highest BCUT2D eigenvalue weighted by atomic mass is 32.1. The predicted molar refractivity (Wildman–Crippen MR) is 267 cm³/mol. The van der Waals surface area contributed by atoms with E-state index in [0.29, 0.717) is 0 Å². The third-order valence-electron chi connectivity index (χ3n) is 13.4. The van der Waals surface area contributed by atoms with E-state index in [1.165, 1.54) is 98.1 Å². The Morgan fingerprint density at radius 1 is 0.306 bits per heavy atom. The second-order valence-electron chi connectivity index (χ2n) is 17.8. The van der Waals surface area contributed by atoms with E-state index >= 15 is 0 Å². The van der Waals surface area contributed by atoms with Crippen LogP contribution < -0.4 is 5.32 Å². The molecule has 0 saturated carbocycles. The number of nitrogens with one attached hydrogen (secondary N) is 1. The van der Waals surface area contributed by atoms with Crippen LogP contribution >= 0.6 is 11.3 Å². The van der Waals surface area contributed by atoms with Crippen LogP contribution in [0.15, 0.2) is 206 Å². The van der Waals surface area contributed by atoms with E-state index in [1.54, 1.807) is 0 Å². The van der Waals surface area contributed by atoms with E-state index in [0.717, 1.165) is 11.4 Å². The molecule has 1 aromatic heterocycles. The summed E-state index contributed by atoms with van der Waals surface area (Å²) in [6, 6.07) is 75.0. The van der Waals surface area contributed by atoms with Crippen molar-refractivity contribution < 1.29 is 0 Å². The lowest BCUT2D eigenvalue weighted by atomic mass is 9.81. The third-order valence-corrected chi connectivity index (χ3v) is 14.5. The first-order valence-electron chi connectivity index (χ1n) is 21.7. The minimum absolute atomic E-state index is 0.0428. The maximum absolute atomic E-state index is 3.61. The Labute approximate surface area is 369 Å². The minimum Gasteiger partial charge on any atom is -0.356 e. The molecular formula is C60H47NS. The van der Waals surface area contributed by atoms with Gasteiger partial charge in [0.25, 0.3) is 0 Å². The molecule has 2 aliphatic rings. The molecule has 0 radical (unpaired) electrons. The Hall–Kier alpha value is -7.00. The normalized spacial score (nSPS) is 13.7. The molecule has 2 aliphatic carbocycles. The van der Waals surface area contributed by atoms with Gasteiger partial charge in [0.05, 0.1) is 0 Å². The summed E-state index contributed by atoms with van der Waals surface area (Å²) in [6.07, 6.45) is 0. The van der Waals surface area contributed by atoms with Gasteiger partial charge in [0, 0.05) is 42.4 Å². The third kappa shape index (κ3) is 6.46. The van der Waals surface area contributed by atoms with Gasteiger partial charge in [0.2, 0.25) is 0 Å². The molecule has 9 aromatic carbocycles. The Kier molecular flexibility index (Phi) is 9.10. The van der Waals surface area contributed by atoms with Gasteiger partial charge < -0.3 is 5.32 Å². The zero-order chi connectivity index (χ0) is 42.0. The summed E-state index contributed by atoms with van der Waals surface area (Å²) in [7, 11) is 0. The molecule has 12 rings (SSSR count). The zero-order valence-corrected chi connectivity index (χ0v) is 36.4. The summed E-state index contributed by atoms with van der Waals surface area (Å²) in [5, 5.41) is 6.34. The fourth-order valence-corrected chi connectivity index (χ4v) is 11.0. The number of rotatable bonds is 5. The molecule has 62 heavy (non-hydrogen) atoms. The fourth-order valence-electron chi connectivity index (χ4n) is 9.96. The van der Waals surface area contributed by atoms with E-state index in [2.05, 4.69) is 239 Å². The zero-order valence-electron chi connectivity index (χ0n) is 35.5. The van der Waals surface area contributed by atoms with Gasteiger partial charge in [-0.15, -0.1) is 11.3 Å². The fraction of sp³-hybridized carbons (Fsp3) is 0.100. The number of benzene rings is 9. The van der Waals surface area contributed by atoms with Crippen molar-refractivity contribution in [3.05, 3.63) is 229 Å². The molecule has 0 unspecified atom stereocenters. The van der Waals surface area contributed by atoms with Crippen LogP contribution in [0.1, 0.15) is 49.9 Å². The molecule has 0 atom stereocenters. The van der Waals surface area contributed by atoms with E-state index in [9.17, 15) is 0 Å². The summed E-state index contributed by atoms with van der Waals surface area (Å²) in [5.41, 5.74) is 20.9. The minimum atomic E-state index is -0.0513. The average molecular weight is 814 g/mol. The molecule has 1 nitrogen and oxygen atoms in total. The second kappa shape index (κ2) is 14.9. The number of anilines is 2. The summed E-state index contributed by atoms with van der Waals surface area (Å²) in [5.74, 6) is 0. The maximum atomic E-state index is 3.61.